The van der Waals surface area contributed by atoms with Crippen molar-refractivity contribution in [2.75, 3.05) is 5.32 Å². The van der Waals surface area contributed by atoms with E-state index in [9.17, 15) is 13.2 Å². The molecule has 0 aliphatic carbocycles. The minimum absolute atomic E-state index is 0.164. The molecule has 0 saturated carbocycles. The van der Waals surface area contributed by atoms with Crippen LogP contribution in [0, 0.1) is 0 Å². The Morgan fingerprint density at radius 1 is 1.03 bits per heavy atom. The van der Waals surface area contributed by atoms with Crippen molar-refractivity contribution in [3.05, 3.63) is 90.8 Å². The molecule has 0 fully saturated rings. The predicted molar refractivity (Wildman–Crippen MR) is 117 cm³/mol. The van der Waals surface area contributed by atoms with E-state index in [0.717, 1.165) is 16.5 Å². The summed E-state index contributed by atoms with van der Waals surface area (Å²) in [7, 11) is -1.96. The lowest BCUT2D eigenvalue weighted by Crippen LogP contribution is -2.09. The average molecular weight is 417 g/mol. The number of carbonyl (C=O) groups is 1. The SMILES string of the molecule is Cn1c(S(=O)(=O)c2ccc(NC(=O)/C=C/c3cccnc3)cc2)cc2ccccc21. The molecule has 150 valence electrons. The lowest BCUT2D eigenvalue weighted by atomic mass is 10.2. The van der Waals surface area contributed by atoms with Crippen molar-refractivity contribution >= 4 is 38.4 Å². The first-order valence-electron chi connectivity index (χ1n) is 9.24. The monoisotopic (exact) mass is 417 g/mol. The van der Waals surface area contributed by atoms with Crippen molar-refractivity contribution in [1.29, 1.82) is 0 Å². The Hall–Kier alpha value is -3.71. The van der Waals surface area contributed by atoms with E-state index in [-0.39, 0.29) is 15.8 Å². The van der Waals surface area contributed by atoms with E-state index < -0.39 is 9.84 Å². The summed E-state index contributed by atoms with van der Waals surface area (Å²) >= 11 is 0. The molecular weight excluding hydrogens is 398 g/mol. The van der Waals surface area contributed by atoms with E-state index in [1.807, 2.05) is 30.3 Å². The summed E-state index contributed by atoms with van der Waals surface area (Å²) in [5, 5.41) is 3.80. The van der Waals surface area contributed by atoms with Gasteiger partial charge in [0.25, 0.3) is 0 Å². The number of rotatable bonds is 5. The Labute approximate surface area is 174 Å². The molecule has 0 radical (unpaired) electrons. The van der Waals surface area contributed by atoms with Gasteiger partial charge in [-0.2, -0.15) is 0 Å². The normalized spacial score (nSPS) is 11.8. The molecule has 0 bridgehead atoms. The highest BCUT2D eigenvalue weighted by Gasteiger charge is 2.22. The standard InChI is InChI=1S/C23H19N3O3S/c1-26-21-7-3-2-6-18(21)15-23(26)30(28,29)20-11-9-19(10-12-20)25-22(27)13-8-17-5-4-14-24-16-17/h2-16H,1H3,(H,25,27)/b13-8+. The first-order chi connectivity index (χ1) is 14.4. The van der Waals surface area contributed by atoms with E-state index >= 15 is 0 Å². The van der Waals surface area contributed by atoms with Gasteiger partial charge in [-0.15, -0.1) is 0 Å². The van der Waals surface area contributed by atoms with Crippen LogP contribution in [-0.2, 0) is 21.7 Å². The highest BCUT2D eigenvalue weighted by Crippen LogP contribution is 2.27. The number of hydrogen-bond donors (Lipinski definition) is 1. The molecule has 0 aliphatic heterocycles. The molecule has 0 aliphatic rings. The van der Waals surface area contributed by atoms with Gasteiger partial charge in [0.1, 0.15) is 5.03 Å². The molecule has 0 saturated heterocycles. The largest absolute Gasteiger partial charge is 0.334 e. The molecule has 0 unspecified atom stereocenters. The van der Waals surface area contributed by atoms with Gasteiger partial charge in [0, 0.05) is 42.1 Å². The molecule has 4 aromatic rings. The van der Waals surface area contributed by atoms with Gasteiger partial charge in [-0.3, -0.25) is 9.78 Å². The third-order valence-electron chi connectivity index (χ3n) is 4.73. The van der Waals surface area contributed by atoms with E-state index in [2.05, 4.69) is 10.3 Å². The highest BCUT2D eigenvalue weighted by molar-refractivity contribution is 7.91. The fourth-order valence-corrected chi connectivity index (χ4v) is 4.67. The van der Waals surface area contributed by atoms with Gasteiger partial charge in [-0.25, -0.2) is 8.42 Å². The second-order valence-electron chi connectivity index (χ2n) is 6.74. The Morgan fingerprint density at radius 2 is 1.80 bits per heavy atom. The molecule has 0 spiro atoms. The van der Waals surface area contributed by atoms with E-state index in [1.165, 1.54) is 18.2 Å². The second kappa shape index (κ2) is 7.96. The molecule has 4 rings (SSSR count). The molecule has 2 aromatic heterocycles. The maximum absolute atomic E-state index is 13.1. The number of para-hydroxylation sites is 1. The quantitative estimate of drug-likeness (QED) is 0.497. The van der Waals surface area contributed by atoms with Gasteiger partial charge in [0.05, 0.1) is 4.90 Å². The molecule has 2 aromatic carbocycles. The highest BCUT2D eigenvalue weighted by atomic mass is 32.2. The smallest absolute Gasteiger partial charge is 0.248 e. The molecule has 2 heterocycles. The van der Waals surface area contributed by atoms with Crippen LogP contribution in [0.15, 0.2) is 95.1 Å². The number of nitrogens with one attached hydrogen (secondary N) is 1. The first-order valence-corrected chi connectivity index (χ1v) is 10.7. The third kappa shape index (κ3) is 3.88. The number of aryl methyl sites for hydroxylation is 1. The third-order valence-corrected chi connectivity index (χ3v) is 6.56. The van der Waals surface area contributed by atoms with Crippen molar-refractivity contribution in [1.82, 2.24) is 9.55 Å². The average Bonchev–Trinajstić information content (AvgIpc) is 3.11. The number of hydrogen-bond acceptors (Lipinski definition) is 4. The van der Waals surface area contributed by atoms with Gasteiger partial charge < -0.3 is 9.88 Å². The van der Waals surface area contributed by atoms with Gasteiger partial charge in [0.15, 0.2) is 0 Å². The maximum Gasteiger partial charge on any atom is 0.248 e. The van der Waals surface area contributed by atoms with Crippen LogP contribution in [0.1, 0.15) is 5.56 Å². The van der Waals surface area contributed by atoms with Crippen LogP contribution in [0.3, 0.4) is 0 Å². The Balaban J connectivity index is 1.53. The number of carbonyl (C=O) groups excluding carboxylic acids is 1. The van der Waals surface area contributed by atoms with Gasteiger partial charge >= 0.3 is 0 Å². The van der Waals surface area contributed by atoms with E-state index in [1.54, 1.807) is 54.3 Å². The number of fused-ring (bicyclic) bond motifs is 1. The Kier molecular flexibility index (Phi) is 5.20. The number of nitrogens with zero attached hydrogens (tertiary/aromatic N) is 2. The van der Waals surface area contributed by atoms with Crippen LogP contribution in [-0.4, -0.2) is 23.9 Å². The molecule has 7 heteroatoms. The van der Waals surface area contributed by atoms with Crippen LogP contribution < -0.4 is 5.32 Å². The van der Waals surface area contributed by atoms with E-state index in [4.69, 9.17) is 0 Å². The molecule has 1 N–H and O–H groups in total. The van der Waals surface area contributed by atoms with Crippen LogP contribution >= 0.6 is 0 Å². The summed E-state index contributed by atoms with van der Waals surface area (Å²) < 4.78 is 27.9. The molecular formula is C23H19N3O3S. The first kappa shape index (κ1) is 19.6. The summed E-state index contributed by atoms with van der Waals surface area (Å²) in [5.74, 6) is -0.317. The number of amides is 1. The van der Waals surface area contributed by atoms with Crippen molar-refractivity contribution in [2.24, 2.45) is 7.05 Å². The second-order valence-corrected chi connectivity index (χ2v) is 8.63. The molecule has 30 heavy (non-hydrogen) atoms. The zero-order valence-corrected chi connectivity index (χ0v) is 17.0. The van der Waals surface area contributed by atoms with Crippen LogP contribution in [0.2, 0.25) is 0 Å². The summed E-state index contributed by atoms with van der Waals surface area (Å²) in [5.41, 5.74) is 2.16. The van der Waals surface area contributed by atoms with Crippen LogP contribution in [0.4, 0.5) is 5.69 Å². The molecule has 6 nitrogen and oxygen atoms in total. The zero-order valence-electron chi connectivity index (χ0n) is 16.2. The predicted octanol–water partition coefficient (Wildman–Crippen LogP) is 4.06. The Morgan fingerprint density at radius 3 is 2.50 bits per heavy atom. The summed E-state index contributed by atoms with van der Waals surface area (Å²) in [6, 6.07) is 18.9. The topological polar surface area (TPSA) is 81.1 Å². The molecule has 1 amide bonds. The lowest BCUT2D eigenvalue weighted by molar-refractivity contribution is -0.111. The fraction of sp³-hybridized carbons (Fsp3) is 0.0435. The molecule has 0 atom stereocenters. The number of benzene rings is 2. The van der Waals surface area contributed by atoms with Crippen LogP contribution in [0.25, 0.3) is 17.0 Å². The van der Waals surface area contributed by atoms with Crippen LogP contribution in [0.5, 0.6) is 0 Å². The Bertz CT molecular complexity index is 1340. The van der Waals surface area contributed by atoms with Gasteiger partial charge in [-0.1, -0.05) is 24.3 Å². The minimum atomic E-state index is -3.69. The maximum atomic E-state index is 13.1. The minimum Gasteiger partial charge on any atom is -0.334 e. The van der Waals surface area contributed by atoms with Crippen molar-refractivity contribution in [3.8, 4) is 0 Å². The van der Waals surface area contributed by atoms with Crippen molar-refractivity contribution < 1.29 is 13.2 Å². The zero-order chi connectivity index (χ0) is 21.1. The summed E-state index contributed by atoms with van der Waals surface area (Å²) in [4.78, 5) is 16.2. The lowest BCUT2D eigenvalue weighted by Gasteiger charge is -2.08. The summed E-state index contributed by atoms with van der Waals surface area (Å²) in [6.45, 7) is 0. The number of aromatic nitrogens is 2. The summed E-state index contributed by atoms with van der Waals surface area (Å²) in [6.07, 6.45) is 6.36. The number of sulfone groups is 1. The van der Waals surface area contributed by atoms with Crippen molar-refractivity contribution in [2.45, 2.75) is 9.92 Å². The number of anilines is 1. The van der Waals surface area contributed by atoms with Gasteiger partial charge in [0.2, 0.25) is 15.7 Å². The fourth-order valence-electron chi connectivity index (χ4n) is 3.19. The number of pyridine rings is 1. The van der Waals surface area contributed by atoms with Crippen molar-refractivity contribution in [3.63, 3.8) is 0 Å². The van der Waals surface area contributed by atoms with E-state index in [0.29, 0.717) is 5.69 Å². The van der Waals surface area contributed by atoms with Gasteiger partial charge in [-0.05, 0) is 54.1 Å².